The number of rotatable bonds is 17. The van der Waals surface area contributed by atoms with E-state index in [9.17, 15) is 30.3 Å². The van der Waals surface area contributed by atoms with Crippen LogP contribution in [0, 0.1) is 41.2 Å². The van der Waals surface area contributed by atoms with E-state index < -0.39 is 20.7 Å². The minimum absolute atomic E-state index is 0.0195. The van der Waals surface area contributed by atoms with Gasteiger partial charge in [0.1, 0.15) is 19.8 Å². The lowest BCUT2D eigenvalue weighted by Crippen LogP contribution is -2.36. The lowest BCUT2D eigenvalue weighted by atomic mass is 9.85. The molecule has 0 saturated carbocycles. The zero-order valence-electron chi connectivity index (χ0n) is 15.5. The minimum Gasteiger partial charge on any atom is -0.313 e. The summed E-state index contributed by atoms with van der Waals surface area (Å²) in [5, 5.41) is 28.8. The lowest BCUT2D eigenvalue weighted by Gasteiger charge is -2.32. The van der Waals surface area contributed by atoms with Crippen LogP contribution in [-0.4, -0.2) is 46.6 Å². The summed E-state index contributed by atoms with van der Waals surface area (Å²) in [5.41, 5.74) is -1.29. The van der Waals surface area contributed by atoms with Crippen molar-refractivity contribution in [2.45, 2.75) is 40.0 Å². The molecule has 0 saturated heterocycles. The third kappa shape index (κ3) is 10.3. The van der Waals surface area contributed by atoms with Crippen LogP contribution in [0.25, 0.3) is 0 Å². The Bertz CT molecular complexity index is 474. The molecule has 0 aromatic heterocycles. The van der Waals surface area contributed by atoms with Gasteiger partial charge in [0.15, 0.2) is 0 Å². The topological polar surface area (TPSA) is 157 Å². The van der Waals surface area contributed by atoms with E-state index in [1.54, 1.807) is 6.92 Å². The lowest BCUT2D eigenvalue weighted by molar-refractivity contribution is -0.771. The van der Waals surface area contributed by atoms with Crippen LogP contribution in [0.15, 0.2) is 0 Å². The van der Waals surface area contributed by atoms with E-state index in [0.717, 1.165) is 0 Å². The number of hydrogen-bond donors (Lipinski definition) is 0. The van der Waals surface area contributed by atoms with Crippen LogP contribution in [0.3, 0.4) is 0 Å². The Labute approximate surface area is 164 Å². The molecule has 158 valence electrons. The van der Waals surface area contributed by atoms with Gasteiger partial charge in [-0.05, 0) is 19.3 Å². The van der Waals surface area contributed by atoms with Gasteiger partial charge in [-0.3, -0.25) is 0 Å². The molecule has 0 spiro atoms. The maximum Gasteiger partial charge on any atom is 0.294 e. The molecular formula is C13H25N3O9S2. The molecule has 14 heteroatoms. The molecule has 27 heavy (non-hydrogen) atoms. The fourth-order valence-electron chi connectivity index (χ4n) is 2.03. The summed E-state index contributed by atoms with van der Waals surface area (Å²) in [7, 11) is 2.80. The molecule has 0 heterocycles. The van der Waals surface area contributed by atoms with E-state index in [4.69, 9.17) is 0 Å². The van der Waals surface area contributed by atoms with Crippen LogP contribution in [0.1, 0.15) is 40.0 Å². The average Bonchev–Trinajstić information content (AvgIpc) is 2.63. The largest absolute Gasteiger partial charge is 0.313 e. The molecule has 12 nitrogen and oxygen atoms in total. The smallest absolute Gasteiger partial charge is 0.294 e. The molecule has 0 atom stereocenters. The molecule has 0 rings (SSSR count). The van der Waals surface area contributed by atoms with Crippen molar-refractivity contribution in [3.63, 3.8) is 0 Å². The molecule has 0 bridgehead atoms. The standard InChI is InChI=1S/C13H25N3O9S2/c1-4-12(5-2,7-23-14(17)18)10-26-27-11-13(6-3,8-24-15(19)20)9-25-16(21)22/h4-11H2,1-3H3. The maximum absolute atomic E-state index is 10.5. The molecular weight excluding hydrogens is 406 g/mol. The van der Waals surface area contributed by atoms with Crippen molar-refractivity contribution in [2.75, 3.05) is 31.3 Å². The van der Waals surface area contributed by atoms with Crippen LogP contribution >= 0.6 is 21.6 Å². The molecule has 0 aromatic rings. The van der Waals surface area contributed by atoms with Gasteiger partial charge in [0, 0.05) is 22.3 Å². The first-order valence-electron chi connectivity index (χ1n) is 8.20. The van der Waals surface area contributed by atoms with Gasteiger partial charge in [-0.15, -0.1) is 30.3 Å². The molecule has 0 fully saturated rings. The number of nitrogens with zero attached hydrogens (tertiary/aromatic N) is 3. The van der Waals surface area contributed by atoms with Crippen LogP contribution in [-0.2, 0) is 14.5 Å². The van der Waals surface area contributed by atoms with Gasteiger partial charge >= 0.3 is 0 Å². The third-order valence-electron chi connectivity index (χ3n) is 4.49. The second-order valence-electron chi connectivity index (χ2n) is 6.08. The fourth-order valence-corrected chi connectivity index (χ4v) is 5.56. The van der Waals surface area contributed by atoms with Crippen molar-refractivity contribution in [2.24, 2.45) is 10.8 Å². The van der Waals surface area contributed by atoms with Crippen molar-refractivity contribution < 1.29 is 29.8 Å². The molecule has 0 aliphatic rings. The number of hydrogen-bond acceptors (Lipinski definition) is 11. The summed E-state index contributed by atoms with van der Waals surface area (Å²) in [5.74, 6) is 0.875. The Morgan fingerprint density at radius 3 is 1.26 bits per heavy atom. The van der Waals surface area contributed by atoms with Crippen LogP contribution in [0.2, 0.25) is 0 Å². The van der Waals surface area contributed by atoms with Crippen LogP contribution in [0.4, 0.5) is 0 Å². The Hall–Kier alpha value is -1.70. The highest BCUT2D eigenvalue weighted by atomic mass is 33.1. The van der Waals surface area contributed by atoms with Gasteiger partial charge in [-0.2, -0.15) is 0 Å². The molecule has 0 amide bonds. The molecule has 0 unspecified atom stereocenters. The van der Waals surface area contributed by atoms with Gasteiger partial charge in [0.05, 0.1) is 0 Å². The molecule has 0 N–H and O–H groups in total. The van der Waals surface area contributed by atoms with Crippen molar-refractivity contribution in [3.05, 3.63) is 30.3 Å². The predicted octanol–water partition coefficient (Wildman–Crippen LogP) is 3.20. The Kier molecular flexibility index (Phi) is 11.8. The van der Waals surface area contributed by atoms with Crippen molar-refractivity contribution >= 4 is 21.6 Å². The van der Waals surface area contributed by atoms with Gasteiger partial charge in [0.2, 0.25) is 0 Å². The van der Waals surface area contributed by atoms with Gasteiger partial charge < -0.3 is 14.5 Å². The van der Waals surface area contributed by atoms with Crippen molar-refractivity contribution in [1.29, 1.82) is 0 Å². The van der Waals surface area contributed by atoms with E-state index in [1.807, 2.05) is 13.8 Å². The normalized spacial score (nSPS) is 11.7. The minimum atomic E-state index is -0.942. The molecule has 0 aliphatic carbocycles. The van der Waals surface area contributed by atoms with E-state index in [2.05, 4.69) is 14.5 Å². The summed E-state index contributed by atoms with van der Waals surface area (Å²) >= 11 is 0. The second-order valence-corrected chi connectivity index (χ2v) is 8.54. The predicted molar refractivity (Wildman–Crippen MR) is 99.5 cm³/mol. The molecule has 0 aromatic carbocycles. The van der Waals surface area contributed by atoms with Gasteiger partial charge in [0.25, 0.3) is 15.3 Å². The maximum atomic E-state index is 10.5. The highest BCUT2D eigenvalue weighted by Gasteiger charge is 2.33. The van der Waals surface area contributed by atoms with E-state index >= 15 is 0 Å². The zero-order valence-corrected chi connectivity index (χ0v) is 17.1. The van der Waals surface area contributed by atoms with Crippen molar-refractivity contribution in [3.8, 4) is 0 Å². The molecule has 0 radical (unpaired) electrons. The van der Waals surface area contributed by atoms with Crippen LogP contribution < -0.4 is 0 Å². The highest BCUT2D eigenvalue weighted by molar-refractivity contribution is 8.76. The van der Waals surface area contributed by atoms with Crippen LogP contribution in [0.5, 0.6) is 0 Å². The van der Waals surface area contributed by atoms with E-state index in [0.29, 0.717) is 30.8 Å². The summed E-state index contributed by atoms with van der Waals surface area (Å²) in [6.07, 6.45) is 1.73. The summed E-state index contributed by atoms with van der Waals surface area (Å²) in [6, 6.07) is 0. The summed E-state index contributed by atoms with van der Waals surface area (Å²) < 4.78 is 0. The molecule has 0 aliphatic heterocycles. The fraction of sp³-hybridized carbons (Fsp3) is 1.00. The average molecular weight is 431 g/mol. The first-order chi connectivity index (χ1) is 12.6. The summed E-state index contributed by atoms with van der Waals surface area (Å²) in [6.45, 7) is 4.91. The highest BCUT2D eigenvalue weighted by Crippen LogP contribution is 2.39. The zero-order chi connectivity index (χ0) is 20.9. The third-order valence-corrected chi connectivity index (χ3v) is 7.33. The second kappa shape index (κ2) is 12.6. The van der Waals surface area contributed by atoms with E-state index in [-0.39, 0.29) is 25.2 Å². The Morgan fingerprint density at radius 2 is 0.963 bits per heavy atom. The monoisotopic (exact) mass is 431 g/mol. The summed E-state index contributed by atoms with van der Waals surface area (Å²) in [4.78, 5) is 44.9. The first kappa shape index (κ1) is 25.3. The van der Waals surface area contributed by atoms with E-state index in [1.165, 1.54) is 21.6 Å². The van der Waals surface area contributed by atoms with Crippen molar-refractivity contribution in [1.82, 2.24) is 0 Å². The van der Waals surface area contributed by atoms with Gasteiger partial charge in [-0.1, -0.05) is 42.4 Å². The first-order valence-corrected chi connectivity index (χ1v) is 10.7. The quantitative estimate of drug-likeness (QED) is 0.144. The van der Waals surface area contributed by atoms with Gasteiger partial charge in [-0.25, -0.2) is 0 Å². The SMILES string of the molecule is CCC(CC)(CO[N+](=O)[O-])CSSCC(CC)(CO[N+](=O)[O-])CO[N+](=O)[O-]. The Morgan fingerprint density at radius 1 is 0.667 bits per heavy atom. The Balaban J connectivity index is 4.80.